The van der Waals surface area contributed by atoms with Crippen LogP contribution in [0.1, 0.15) is 6.92 Å². The minimum Gasteiger partial charge on any atom is -0.394 e. The zero-order valence-electron chi connectivity index (χ0n) is 9.84. The van der Waals surface area contributed by atoms with Crippen LogP contribution in [0.25, 0.3) is 0 Å². The van der Waals surface area contributed by atoms with Crippen molar-refractivity contribution in [3.8, 4) is 0 Å². The third kappa shape index (κ3) is 3.95. The second-order valence-electron chi connectivity index (χ2n) is 3.77. The van der Waals surface area contributed by atoms with Crippen molar-refractivity contribution in [3.63, 3.8) is 0 Å². The average Bonchev–Trinajstić information content (AvgIpc) is 2.35. The van der Waals surface area contributed by atoms with Crippen LogP contribution in [0.15, 0.2) is 12.1 Å². The highest BCUT2D eigenvalue weighted by Gasteiger charge is 2.18. The molecule has 1 aromatic carbocycles. The second kappa shape index (κ2) is 6.19. The van der Waals surface area contributed by atoms with E-state index in [2.05, 4.69) is 5.32 Å². The number of benzene rings is 1. The zero-order valence-corrected chi connectivity index (χ0v) is 9.84. The van der Waals surface area contributed by atoms with E-state index in [9.17, 15) is 22.8 Å². The minimum atomic E-state index is -1.67. The first-order chi connectivity index (χ1) is 8.85. The highest BCUT2D eigenvalue weighted by Crippen LogP contribution is 2.17. The summed E-state index contributed by atoms with van der Waals surface area (Å²) in [5, 5.41) is 12.7. The van der Waals surface area contributed by atoms with Crippen LogP contribution in [0.4, 0.5) is 18.9 Å². The van der Waals surface area contributed by atoms with E-state index in [1.165, 1.54) is 6.92 Å². The van der Waals surface area contributed by atoms with Crippen LogP contribution < -0.4 is 10.6 Å². The molecule has 0 radical (unpaired) electrons. The summed E-state index contributed by atoms with van der Waals surface area (Å²) >= 11 is 0. The van der Waals surface area contributed by atoms with Crippen molar-refractivity contribution < 1.29 is 27.9 Å². The molecule has 0 aliphatic carbocycles. The molecular formula is C11H11F3N2O3. The fourth-order valence-electron chi connectivity index (χ4n) is 1.15. The van der Waals surface area contributed by atoms with Gasteiger partial charge in [-0.3, -0.25) is 9.59 Å². The Hall–Kier alpha value is -2.09. The van der Waals surface area contributed by atoms with Crippen LogP contribution in [0.3, 0.4) is 0 Å². The topological polar surface area (TPSA) is 78.4 Å². The highest BCUT2D eigenvalue weighted by molar-refractivity contribution is 6.39. The van der Waals surface area contributed by atoms with Crippen molar-refractivity contribution in [2.45, 2.75) is 13.0 Å². The zero-order chi connectivity index (χ0) is 14.6. The number of amides is 2. The van der Waals surface area contributed by atoms with Crippen molar-refractivity contribution in [2.75, 3.05) is 11.9 Å². The van der Waals surface area contributed by atoms with Gasteiger partial charge in [0.15, 0.2) is 17.5 Å². The number of aliphatic hydroxyl groups is 1. The molecule has 0 heterocycles. The summed E-state index contributed by atoms with van der Waals surface area (Å²) in [6.07, 6.45) is 0. The molecule has 1 atom stereocenters. The SMILES string of the molecule is CC(CO)NC(=O)C(=O)Nc1cc(F)c(F)c(F)c1. The largest absolute Gasteiger partial charge is 0.394 e. The van der Waals surface area contributed by atoms with E-state index >= 15 is 0 Å². The van der Waals surface area contributed by atoms with Gasteiger partial charge < -0.3 is 15.7 Å². The Kier molecular flexibility index (Phi) is 4.87. The third-order valence-electron chi connectivity index (χ3n) is 2.10. The molecule has 0 saturated heterocycles. The van der Waals surface area contributed by atoms with E-state index in [4.69, 9.17) is 5.11 Å². The van der Waals surface area contributed by atoms with Gasteiger partial charge in [-0.1, -0.05) is 0 Å². The van der Waals surface area contributed by atoms with Gasteiger partial charge in [-0.2, -0.15) is 0 Å². The van der Waals surface area contributed by atoms with Gasteiger partial charge >= 0.3 is 11.8 Å². The van der Waals surface area contributed by atoms with E-state index in [0.29, 0.717) is 12.1 Å². The standard InChI is InChI=1S/C11H11F3N2O3/c1-5(4-17)15-10(18)11(19)16-6-2-7(12)9(14)8(13)3-6/h2-3,5,17H,4H2,1H3,(H,15,18)(H,16,19). The predicted octanol–water partition coefficient (Wildman–Crippen LogP) is 0.539. The number of hydrogen-bond donors (Lipinski definition) is 3. The monoisotopic (exact) mass is 276 g/mol. The summed E-state index contributed by atoms with van der Waals surface area (Å²) < 4.78 is 38.4. The minimum absolute atomic E-state index is 0.376. The molecule has 0 bridgehead atoms. The second-order valence-corrected chi connectivity index (χ2v) is 3.77. The Bertz CT molecular complexity index is 485. The molecule has 0 spiro atoms. The molecule has 0 aromatic heterocycles. The Morgan fingerprint density at radius 1 is 1.21 bits per heavy atom. The lowest BCUT2D eigenvalue weighted by atomic mass is 10.2. The summed E-state index contributed by atoms with van der Waals surface area (Å²) in [6.45, 7) is 1.07. The van der Waals surface area contributed by atoms with Crippen LogP contribution >= 0.6 is 0 Å². The lowest BCUT2D eigenvalue weighted by Gasteiger charge is -2.10. The number of aliphatic hydroxyl groups excluding tert-OH is 1. The van der Waals surface area contributed by atoms with Crippen molar-refractivity contribution in [3.05, 3.63) is 29.6 Å². The quantitative estimate of drug-likeness (QED) is 0.557. The maximum absolute atomic E-state index is 12.9. The molecule has 2 amide bonds. The third-order valence-corrected chi connectivity index (χ3v) is 2.10. The maximum atomic E-state index is 12.9. The molecule has 1 unspecified atom stereocenters. The first-order valence-corrected chi connectivity index (χ1v) is 5.22. The number of halogens is 3. The molecular weight excluding hydrogens is 265 g/mol. The molecule has 0 fully saturated rings. The lowest BCUT2D eigenvalue weighted by Crippen LogP contribution is -2.42. The van der Waals surface area contributed by atoms with E-state index in [-0.39, 0.29) is 6.61 Å². The first-order valence-electron chi connectivity index (χ1n) is 5.22. The Labute approximate surface area is 106 Å². The van der Waals surface area contributed by atoms with E-state index < -0.39 is 41.0 Å². The van der Waals surface area contributed by atoms with Crippen LogP contribution in [0.5, 0.6) is 0 Å². The molecule has 0 aliphatic rings. The van der Waals surface area contributed by atoms with Crippen molar-refractivity contribution >= 4 is 17.5 Å². The normalized spacial score (nSPS) is 11.8. The number of rotatable bonds is 3. The van der Waals surface area contributed by atoms with Crippen molar-refractivity contribution in [1.29, 1.82) is 0 Å². The van der Waals surface area contributed by atoms with Crippen LogP contribution in [-0.2, 0) is 9.59 Å². The fourth-order valence-corrected chi connectivity index (χ4v) is 1.15. The Balaban J connectivity index is 2.75. The number of carbonyl (C=O) groups is 2. The summed E-state index contributed by atoms with van der Waals surface area (Å²) in [7, 11) is 0. The van der Waals surface area contributed by atoms with E-state index in [0.717, 1.165) is 0 Å². The Morgan fingerprint density at radius 3 is 2.21 bits per heavy atom. The fraction of sp³-hybridized carbons (Fsp3) is 0.273. The molecule has 0 saturated carbocycles. The number of anilines is 1. The van der Waals surface area contributed by atoms with Gasteiger partial charge in [0.2, 0.25) is 0 Å². The number of nitrogens with one attached hydrogen (secondary N) is 2. The van der Waals surface area contributed by atoms with Gasteiger partial charge in [-0.25, -0.2) is 13.2 Å². The molecule has 1 aromatic rings. The molecule has 1 rings (SSSR count). The average molecular weight is 276 g/mol. The molecule has 104 valence electrons. The number of carbonyl (C=O) groups excluding carboxylic acids is 2. The van der Waals surface area contributed by atoms with Crippen molar-refractivity contribution in [2.24, 2.45) is 0 Å². The molecule has 5 nitrogen and oxygen atoms in total. The molecule has 0 aliphatic heterocycles. The lowest BCUT2D eigenvalue weighted by molar-refractivity contribution is -0.136. The first kappa shape index (κ1) is 15.0. The highest BCUT2D eigenvalue weighted by atomic mass is 19.2. The Morgan fingerprint density at radius 2 is 1.74 bits per heavy atom. The van der Waals surface area contributed by atoms with Crippen LogP contribution in [0, 0.1) is 17.5 Å². The van der Waals surface area contributed by atoms with Crippen LogP contribution in [-0.4, -0.2) is 29.6 Å². The van der Waals surface area contributed by atoms with Gasteiger partial charge in [0.25, 0.3) is 0 Å². The van der Waals surface area contributed by atoms with E-state index in [1.807, 2.05) is 5.32 Å². The molecule has 3 N–H and O–H groups in total. The summed E-state index contributed by atoms with van der Waals surface area (Å²) in [4.78, 5) is 22.6. The van der Waals surface area contributed by atoms with E-state index in [1.54, 1.807) is 0 Å². The summed E-state index contributed by atoms with van der Waals surface area (Å²) in [5.41, 5.74) is -0.395. The number of hydrogen-bond acceptors (Lipinski definition) is 3. The van der Waals surface area contributed by atoms with Crippen molar-refractivity contribution in [1.82, 2.24) is 5.32 Å². The predicted molar refractivity (Wildman–Crippen MR) is 59.6 cm³/mol. The summed E-state index contributed by atoms with van der Waals surface area (Å²) in [5.74, 6) is -6.92. The smallest absolute Gasteiger partial charge is 0.313 e. The van der Waals surface area contributed by atoms with Gasteiger partial charge in [-0.15, -0.1) is 0 Å². The molecule has 19 heavy (non-hydrogen) atoms. The van der Waals surface area contributed by atoms with Gasteiger partial charge in [0.1, 0.15) is 0 Å². The van der Waals surface area contributed by atoms with Gasteiger partial charge in [0, 0.05) is 23.9 Å². The van der Waals surface area contributed by atoms with Gasteiger partial charge in [0.05, 0.1) is 6.61 Å². The van der Waals surface area contributed by atoms with Gasteiger partial charge in [-0.05, 0) is 6.92 Å². The summed E-state index contributed by atoms with van der Waals surface area (Å²) in [6, 6.07) is 0.429. The molecule has 8 heteroatoms. The maximum Gasteiger partial charge on any atom is 0.313 e. The van der Waals surface area contributed by atoms with Crippen LogP contribution in [0.2, 0.25) is 0 Å².